The van der Waals surface area contributed by atoms with E-state index in [1.165, 1.54) is 0 Å². The lowest BCUT2D eigenvalue weighted by molar-refractivity contribution is 0.296. The van der Waals surface area contributed by atoms with Gasteiger partial charge in [0.1, 0.15) is 0 Å². The number of piperidine rings is 1. The van der Waals surface area contributed by atoms with Crippen molar-refractivity contribution in [3.8, 4) is 0 Å². The molecule has 1 saturated heterocycles. The highest BCUT2D eigenvalue weighted by molar-refractivity contribution is 7.89. The Morgan fingerprint density at radius 1 is 1.47 bits per heavy atom. The van der Waals surface area contributed by atoms with Crippen LogP contribution in [0.5, 0.6) is 0 Å². The molecule has 108 valence electrons. The molecule has 1 aromatic heterocycles. The van der Waals surface area contributed by atoms with E-state index in [0.717, 1.165) is 12.8 Å². The molecule has 0 radical (unpaired) electrons. The van der Waals surface area contributed by atoms with E-state index in [4.69, 9.17) is 0 Å². The minimum atomic E-state index is -3.52. The second-order valence-electron chi connectivity index (χ2n) is 5.20. The van der Waals surface area contributed by atoms with Crippen LogP contribution < -0.4 is 10.0 Å². The molecule has 0 saturated carbocycles. The molecule has 0 bridgehead atoms. The molecule has 7 heteroatoms. The lowest BCUT2D eigenvalue weighted by atomic mass is 9.96. The third-order valence-electron chi connectivity index (χ3n) is 3.62. The van der Waals surface area contributed by atoms with Crippen LogP contribution in [-0.4, -0.2) is 36.1 Å². The fourth-order valence-electron chi connectivity index (χ4n) is 2.40. The molecule has 1 aliphatic rings. The predicted octanol–water partition coefficient (Wildman–Crippen LogP) is 0.710. The zero-order valence-electron chi connectivity index (χ0n) is 11.6. The quantitative estimate of drug-likeness (QED) is 0.855. The van der Waals surface area contributed by atoms with E-state index in [1.54, 1.807) is 17.1 Å². The van der Waals surface area contributed by atoms with Crippen LogP contribution in [0.3, 0.4) is 0 Å². The van der Waals surface area contributed by atoms with Crippen LogP contribution in [0.4, 0.5) is 0 Å². The predicted molar refractivity (Wildman–Crippen MR) is 73.3 cm³/mol. The van der Waals surface area contributed by atoms with Crippen molar-refractivity contribution in [3.05, 3.63) is 12.5 Å². The van der Waals surface area contributed by atoms with Crippen LogP contribution in [0, 0.1) is 0 Å². The van der Waals surface area contributed by atoms with Crippen molar-refractivity contribution >= 4 is 10.0 Å². The van der Waals surface area contributed by atoms with E-state index in [0.29, 0.717) is 12.6 Å². The molecule has 1 aliphatic heterocycles. The summed E-state index contributed by atoms with van der Waals surface area (Å²) >= 11 is 0. The summed E-state index contributed by atoms with van der Waals surface area (Å²) < 4.78 is 29.0. The molecule has 3 unspecified atom stereocenters. The van der Waals surface area contributed by atoms with Gasteiger partial charge in [0, 0.05) is 30.9 Å². The summed E-state index contributed by atoms with van der Waals surface area (Å²) in [5.41, 5.74) is 0. The first-order chi connectivity index (χ1) is 8.92. The standard InChI is InChI=1S/C12H22N4O2S/c1-4-16-7-12(13-8-16)19(17,18)15-11-6-5-9(2)14-10(11)3/h7-11,14-15H,4-6H2,1-3H3. The largest absolute Gasteiger partial charge is 0.336 e. The highest BCUT2D eigenvalue weighted by Gasteiger charge is 2.29. The molecule has 1 fully saturated rings. The maximum atomic E-state index is 12.2. The molecule has 6 nitrogen and oxygen atoms in total. The van der Waals surface area contributed by atoms with Crippen molar-refractivity contribution in [3.63, 3.8) is 0 Å². The second-order valence-corrected chi connectivity index (χ2v) is 6.86. The van der Waals surface area contributed by atoms with Gasteiger partial charge < -0.3 is 9.88 Å². The van der Waals surface area contributed by atoms with Gasteiger partial charge in [0.25, 0.3) is 10.0 Å². The van der Waals surface area contributed by atoms with Gasteiger partial charge in [-0.15, -0.1) is 0 Å². The fraction of sp³-hybridized carbons (Fsp3) is 0.750. The zero-order valence-corrected chi connectivity index (χ0v) is 12.4. The molecule has 3 atom stereocenters. The SMILES string of the molecule is CCn1cnc(S(=O)(=O)NC2CCC(C)NC2C)c1. The van der Waals surface area contributed by atoms with Crippen molar-refractivity contribution < 1.29 is 8.42 Å². The summed E-state index contributed by atoms with van der Waals surface area (Å²) in [6.07, 6.45) is 4.93. The lowest BCUT2D eigenvalue weighted by Gasteiger charge is -2.34. The third-order valence-corrected chi connectivity index (χ3v) is 4.99. The molecule has 0 spiro atoms. The molecular formula is C12H22N4O2S. The molecule has 19 heavy (non-hydrogen) atoms. The van der Waals surface area contributed by atoms with E-state index in [-0.39, 0.29) is 17.1 Å². The number of rotatable bonds is 4. The van der Waals surface area contributed by atoms with E-state index in [1.807, 2.05) is 13.8 Å². The van der Waals surface area contributed by atoms with E-state index >= 15 is 0 Å². The van der Waals surface area contributed by atoms with E-state index in [9.17, 15) is 8.42 Å². The molecule has 0 aliphatic carbocycles. The maximum absolute atomic E-state index is 12.2. The van der Waals surface area contributed by atoms with Crippen LogP contribution in [0.15, 0.2) is 17.6 Å². The average molecular weight is 286 g/mol. The summed E-state index contributed by atoms with van der Waals surface area (Å²) in [7, 11) is -3.52. The molecule has 2 heterocycles. The Bertz CT molecular complexity index is 526. The number of sulfonamides is 1. The molecule has 2 N–H and O–H groups in total. The zero-order chi connectivity index (χ0) is 14.0. The van der Waals surface area contributed by atoms with E-state index < -0.39 is 10.0 Å². The topological polar surface area (TPSA) is 76.0 Å². The van der Waals surface area contributed by atoms with Crippen LogP contribution >= 0.6 is 0 Å². The Morgan fingerprint density at radius 3 is 2.79 bits per heavy atom. The summed E-state index contributed by atoms with van der Waals surface area (Å²) in [6, 6.07) is 0.495. The number of hydrogen-bond donors (Lipinski definition) is 2. The molecule has 1 aromatic rings. The Labute approximate surface area is 114 Å². The average Bonchev–Trinajstić information content (AvgIpc) is 2.82. The molecule has 0 aromatic carbocycles. The van der Waals surface area contributed by atoms with Crippen LogP contribution in [0.2, 0.25) is 0 Å². The minimum Gasteiger partial charge on any atom is -0.336 e. The first kappa shape index (κ1) is 14.5. The van der Waals surface area contributed by atoms with Gasteiger partial charge in [0.2, 0.25) is 0 Å². The Hall–Kier alpha value is -0.920. The first-order valence-electron chi connectivity index (χ1n) is 6.72. The van der Waals surface area contributed by atoms with E-state index in [2.05, 4.69) is 21.9 Å². The van der Waals surface area contributed by atoms with Crippen LogP contribution in [0.25, 0.3) is 0 Å². The van der Waals surface area contributed by atoms with Crippen molar-refractivity contribution in [2.24, 2.45) is 0 Å². The fourth-order valence-corrected chi connectivity index (χ4v) is 3.70. The number of aromatic nitrogens is 2. The number of nitrogens with one attached hydrogen (secondary N) is 2. The normalized spacial score (nSPS) is 28.5. The van der Waals surface area contributed by atoms with Gasteiger partial charge in [-0.25, -0.2) is 18.1 Å². The van der Waals surface area contributed by atoms with Crippen molar-refractivity contribution in [1.29, 1.82) is 0 Å². The Kier molecular flexibility index (Phi) is 4.27. The van der Waals surface area contributed by atoms with Crippen LogP contribution in [0.1, 0.15) is 33.6 Å². The third kappa shape index (κ3) is 3.34. The van der Waals surface area contributed by atoms with Gasteiger partial charge in [-0.05, 0) is 33.6 Å². The highest BCUT2D eigenvalue weighted by Crippen LogP contribution is 2.16. The van der Waals surface area contributed by atoms with Crippen molar-refractivity contribution in [2.45, 2.75) is 63.3 Å². The van der Waals surface area contributed by atoms with Crippen molar-refractivity contribution in [1.82, 2.24) is 19.6 Å². The highest BCUT2D eigenvalue weighted by atomic mass is 32.2. The molecular weight excluding hydrogens is 264 g/mol. The van der Waals surface area contributed by atoms with Gasteiger partial charge in [0.05, 0.1) is 6.33 Å². The van der Waals surface area contributed by atoms with Gasteiger partial charge >= 0.3 is 0 Å². The number of hydrogen-bond acceptors (Lipinski definition) is 4. The maximum Gasteiger partial charge on any atom is 0.259 e. The van der Waals surface area contributed by atoms with Gasteiger partial charge in [0.15, 0.2) is 5.03 Å². The summed E-state index contributed by atoms with van der Waals surface area (Å²) in [4.78, 5) is 3.96. The molecule has 0 amide bonds. The van der Waals surface area contributed by atoms with Gasteiger partial charge in [-0.1, -0.05) is 0 Å². The lowest BCUT2D eigenvalue weighted by Crippen LogP contribution is -2.54. The van der Waals surface area contributed by atoms with Gasteiger partial charge in [-0.2, -0.15) is 0 Å². The number of aryl methyl sites for hydroxylation is 1. The Balaban J connectivity index is 2.08. The second kappa shape index (κ2) is 5.60. The number of imidazole rings is 1. The minimum absolute atomic E-state index is 0.0759. The monoisotopic (exact) mass is 286 g/mol. The molecule has 2 rings (SSSR count). The van der Waals surface area contributed by atoms with Gasteiger partial charge in [-0.3, -0.25) is 0 Å². The van der Waals surface area contributed by atoms with Crippen molar-refractivity contribution in [2.75, 3.05) is 0 Å². The summed E-state index contributed by atoms with van der Waals surface area (Å²) in [5.74, 6) is 0. The number of nitrogens with zero attached hydrogens (tertiary/aromatic N) is 2. The first-order valence-corrected chi connectivity index (χ1v) is 8.21. The smallest absolute Gasteiger partial charge is 0.259 e. The summed E-state index contributed by atoms with van der Waals surface area (Å²) in [5, 5.41) is 3.46. The summed E-state index contributed by atoms with van der Waals surface area (Å²) in [6.45, 7) is 6.78. The van der Waals surface area contributed by atoms with Crippen LogP contribution in [-0.2, 0) is 16.6 Å². The Morgan fingerprint density at radius 2 is 2.21 bits per heavy atom.